The topological polar surface area (TPSA) is 98.2 Å². The normalized spacial score (nSPS) is 12.3. The molecule has 2 amide bonds. The van der Waals surface area contributed by atoms with Crippen molar-refractivity contribution >= 4 is 11.8 Å². The summed E-state index contributed by atoms with van der Waals surface area (Å²) in [6.07, 6.45) is 1.48. The van der Waals surface area contributed by atoms with Crippen LogP contribution in [0.3, 0.4) is 0 Å². The highest BCUT2D eigenvalue weighted by Gasteiger charge is 2.36. The molecule has 0 atom stereocenters. The molecule has 0 radical (unpaired) electrons. The molecule has 0 spiro atoms. The van der Waals surface area contributed by atoms with Crippen LogP contribution in [-0.2, 0) is 9.59 Å². The fourth-order valence-electron chi connectivity index (χ4n) is 1.87. The molecule has 0 bridgehead atoms. The van der Waals surface area contributed by atoms with E-state index in [1.165, 1.54) is 0 Å². The average Bonchev–Trinajstić information content (AvgIpc) is 2.18. The van der Waals surface area contributed by atoms with Gasteiger partial charge in [0, 0.05) is 18.5 Å². The van der Waals surface area contributed by atoms with E-state index in [9.17, 15) is 9.59 Å². The monoisotopic (exact) mass is 243 g/mol. The molecule has 0 aliphatic rings. The first kappa shape index (κ1) is 15.9. The molecule has 5 heteroatoms. The van der Waals surface area contributed by atoms with Crippen molar-refractivity contribution in [1.29, 1.82) is 0 Å². The molecule has 0 saturated heterocycles. The Labute approximate surface area is 103 Å². The number of hydrogen-bond acceptors (Lipinski definition) is 3. The van der Waals surface area contributed by atoms with Crippen molar-refractivity contribution in [3.63, 3.8) is 0 Å². The molecule has 0 saturated carbocycles. The third-order valence-electron chi connectivity index (χ3n) is 3.29. The van der Waals surface area contributed by atoms with Crippen molar-refractivity contribution < 1.29 is 9.59 Å². The third-order valence-corrected chi connectivity index (χ3v) is 3.29. The summed E-state index contributed by atoms with van der Waals surface area (Å²) < 4.78 is 0. The Morgan fingerprint density at radius 3 is 1.94 bits per heavy atom. The van der Waals surface area contributed by atoms with E-state index >= 15 is 0 Å². The Kier molecular flexibility index (Phi) is 5.61. The Balaban J connectivity index is 4.77. The minimum atomic E-state index is -0.631. The van der Waals surface area contributed by atoms with Gasteiger partial charge in [0.15, 0.2) is 0 Å². The highest BCUT2D eigenvalue weighted by atomic mass is 16.2. The fourth-order valence-corrected chi connectivity index (χ4v) is 1.87. The second kappa shape index (κ2) is 6.00. The van der Waals surface area contributed by atoms with Crippen LogP contribution in [0.4, 0.5) is 0 Å². The van der Waals surface area contributed by atoms with Gasteiger partial charge in [0.2, 0.25) is 11.8 Å². The van der Waals surface area contributed by atoms with Crippen molar-refractivity contribution in [2.75, 3.05) is 6.54 Å². The Morgan fingerprint density at radius 2 is 1.65 bits per heavy atom. The molecule has 0 aromatic heterocycles. The van der Waals surface area contributed by atoms with E-state index in [2.05, 4.69) is 5.32 Å². The van der Waals surface area contributed by atoms with Gasteiger partial charge >= 0.3 is 0 Å². The van der Waals surface area contributed by atoms with Gasteiger partial charge in [0.05, 0.1) is 5.41 Å². The van der Waals surface area contributed by atoms with Crippen LogP contribution in [0.2, 0.25) is 0 Å². The van der Waals surface area contributed by atoms with Crippen molar-refractivity contribution in [2.45, 2.75) is 52.5 Å². The van der Waals surface area contributed by atoms with Crippen molar-refractivity contribution in [1.82, 2.24) is 5.32 Å². The molecule has 0 fully saturated rings. The Hall–Kier alpha value is -1.10. The van der Waals surface area contributed by atoms with E-state index in [0.29, 0.717) is 19.4 Å². The predicted octanol–water partition coefficient (Wildman–Crippen LogP) is 0.522. The van der Waals surface area contributed by atoms with Gasteiger partial charge in [0.1, 0.15) is 0 Å². The molecule has 0 aromatic carbocycles. The summed E-state index contributed by atoms with van der Waals surface area (Å²) in [6, 6.07) is 0. The molecule has 0 aromatic rings. The second-order valence-electron chi connectivity index (χ2n) is 5.17. The maximum absolute atomic E-state index is 12.2. The Bertz CT molecular complexity index is 275. The number of amides is 2. The average molecular weight is 243 g/mol. The number of nitrogens with two attached hydrogens (primary N) is 2. The predicted molar refractivity (Wildman–Crippen MR) is 68.1 cm³/mol. The third kappa shape index (κ3) is 4.34. The Morgan fingerprint density at radius 1 is 1.18 bits per heavy atom. The number of rotatable bonds is 7. The molecule has 5 nitrogen and oxygen atoms in total. The number of nitrogens with one attached hydrogen (secondary N) is 1. The molecule has 0 rings (SSSR count). The lowest BCUT2D eigenvalue weighted by Gasteiger charge is -2.34. The molecular formula is C12H25N3O2. The molecule has 0 heterocycles. The van der Waals surface area contributed by atoms with Gasteiger partial charge in [-0.2, -0.15) is 0 Å². The maximum Gasteiger partial charge on any atom is 0.227 e. The van der Waals surface area contributed by atoms with Crippen LogP contribution in [0.5, 0.6) is 0 Å². The van der Waals surface area contributed by atoms with Gasteiger partial charge in [-0.15, -0.1) is 0 Å². The molecular weight excluding hydrogens is 218 g/mol. The van der Waals surface area contributed by atoms with Gasteiger partial charge in [-0.25, -0.2) is 0 Å². The molecule has 0 aliphatic carbocycles. The summed E-state index contributed by atoms with van der Waals surface area (Å²) in [5, 5.41) is 2.86. The van der Waals surface area contributed by atoms with Gasteiger partial charge in [-0.1, -0.05) is 13.8 Å². The van der Waals surface area contributed by atoms with Crippen LogP contribution in [0, 0.1) is 5.41 Å². The van der Waals surface area contributed by atoms with Crippen molar-refractivity contribution in [2.24, 2.45) is 16.9 Å². The molecule has 0 unspecified atom stereocenters. The first-order valence-corrected chi connectivity index (χ1v) is 6.04. The zero-order valence-electron chi connectivity index (χ0n) is 11.3. The van der Waals surface area contributed by atoms with E-state index < -0.39 is 16.9 Å². The zero-order valence-corrected chi connectivity index (χ0v) is 11.3. The van der Waals surface area contributed by atoms with E-state index in [1.807, 2.05) is 13.8 Å². The SMILES string of the molecule is CCC(CC)(CN)C(=O)NC(C)(C)CC(N)=O. The number of hydrogen-bond donors (Lipinski definition) is 3. The van der Waals surface area contributed by atoms with E-state index in [0.717, 1.165) is 0 Å². The van der Waals surface area contributed by atoms with Gasteiger partial charge in [-0.3, -0.25) is 9.59 Å². The first-order chi connectivity index (χ1) is 7.73. The lowest BCUT2D eigenvalue weighted by molar-refractivity contribution is -0.133. The van der Waals surface area contributed by atoms with Crippen LogP contribution in [0.1, 0.15) is 47.0 Å². The number of carbonyl (C=O) groups excluding carboxylic acids is 2. The van der Waals surface area contributed by atoms with Crippen LogP contribution in [0.15, 0.2) is 0 Å². The summed E-state index contributed by atoms with van der Waals surface area (Å²) in [7, 11) is 0. The molecule has 17 heavy (non-hydrogen) atoms. The largest absolute Gasteiger partial charge is 0.370 e. The zero-order chi connectivity index (χ0) is 13.7. The summed E-state index contributed by atoms with van der Waals surface area (Å²) in [5.74, 6) is -0.530. The number of carbonyl (C=O) groups is 2. The second-order valence-corrected chi connectivity index (χ2v) is 5.17. The van der Waals surface area contributed by atoms with Gasteiger partial charge in [-0.05, 0) is 26.7 Å². The minimum absolute atomic E-state index is 0.101. The minimum Gasteiger partial charge on any atom is -0.370 e. The summed E-state index contributed by atoms with van der Waals surface area (Å²) in [6.45, 7) is 7.75. The quantitative estimate of drug-likeness (QED) is 0.608. The molecule has 5 N–H and O–H groups in total. The van der Waals surface area contributed by atoms with Crippen molar-refractivity contribution in [3.8, 4) is 0 Å². The lowest BCUT2D eigenvalue weighted by atomic mass is 9.80. The van der Waals surface area contributed by atoms with Crippen LogP contribution >= 0.6 is 0 Å². The van der Waals surface area contributed by atoms with Crippen LogP contribution < -0.4 is 16.8 Å². The van der Waals surface area contributed by atoms with E-state index in [-0.39, 0.29) is 12.3 Å². The molecule has 100 valence electrons. The van der Waals surface area contributed by atoms with Crippen LogP contribution in [0.25, 0.3) is 0 Å². The van der Waals surface area contributed by atoms with Gasteiger partial charge < -0.3 is 16.8 Å². The number of primary amides is 1. The van der Waals surface area contributed by atoms with Crippen LogP contribution in [-0.4, -0.2) is 23.9 Å². The molecule has 0 aliphatic heterocycles. The lowest BCUT2D eigenvalue weighted by Crippen LogP contribution is -2.53. The van der Waals surface area contributed by atoms with Gasteiger partial charge in [0.25, 0.3) is 0 Å². The fraction of sp³-hybridized carbons (Fsp3) is 0.833. The van der Waals surface area contributed by atoms with E-state index in [4.69, 9.17) is 11.5 Å². The van der Waals surface area contributed by atoms with E-state index in [1.54, 1.807) is 13.8 Å². The first-order valence-electron chi connectivity index (χ1n) is 6.04. The summed E-state index contributed by atoms with van der Waals surface area (Å²) >= 11 is 0. The van der Waals surface area contributed by atoms with Crippen molar-refractivity contribution in [3.05, 3.63) is 0 Å². The highest BCUT2D eigenvalue weighted by Crippen LogP contribution is 2.26. The summed E-state index contributed by atoms with van der Waals surface area (Å²) in [5.41, 5.74) is 9.67. The smallest absolute Gasteiger partial charge is 0.227 e. The summed E-state index contributed by atoms with van der Waals surface area (Å²) in [4.78, 5) is 23.1. The standard InChI is InChI=1S/C12H25N3O2/c1-5-12(6-2,8-13)10(17)15-11(3,4)7-9(14)16/h5-8,13H2,1-4H3,(H2,14,16)(H,15,17). The maximum atomic E-state index is 12.2. The highest BCUT2D eigenvalue weighted by molar-refractivity contribution is 5.84.